The van der Waals surface area contributed by atoms with Gasteiger partial charge in [0, 0.05) is 11.1 Å². The third kappa shape index (κ3) is 3.23. The number of carbonyl (C=O) groups is 2. The highest BCUT2D eigenvalue weighted by molar-refractivity contribution is 6.01. The van der Waals surface area contributed by atoms with Crippen LogP contribution in [-0.4, -0.2) is 37.0 Å². The maximum absolute atomic E-state index is 11.9. The number of epoxide rings is 2. The van der Waals surface area contributed by atoms with Crippen LogP contribution in [0.3, 0.4) is 0 Å². The van der Waals surface area contributed by atoms with E-state index in [4.69, 9.17) is 9.47 Å². The minimum Gasteiger partial charge on any atom is -0.364 e. The van der Waals surface area contributed by atoms with Crippen molar-refractivity contribution in [3.63, 3.8) is 0 Å². The second-order valence-electron chi connectivity index (χ2n) is 5.94. The maximum atomic E-state index is 11.9. The van der Waals surface area contributed by atoms with Crippen LogP contribution >= 0.6 is 0 Å². The Kier molecular flexibility index (Phi) is 3.56. The van der Waals surface area contributed by atoms with E-state index in [1.165, 1.54) is 0 Å². The summed E-state index contributed by atoms with van der Waals surface area (Å²) in [4.78, 5) is 23.7. The van der Waals surface area contributed by atoms with Gasteiger partial charge in [-0.25, -0.2) is 0 Å². The molecule has 0 N–H and O–H groups in total. The van der Waals surface area contributed by atoms with Gasteiger partial charge in [0.05, 0.1) is 13.2 Å². The quantitative estimate of drug-likeness (QED) is 0.607. The Morgan fingerprint density at radius 1 is 0.739 bits per heavy atom. The first-order valence-electron chi connectivity index (χ1n) is 7.70. The van der Waals surface area contributed by atoms with Gasteiger partial charge in [-0.15, -0.1) is 0 Å². The molecule has 2 unspecified atom stereocenters. The Bertz CT molecular complexity index is 672. The van der Waals surface area contributed by atoms with Gasteiger partial charge in [0.25, 0.3) is 0 Å². The predicted octanol–water partition coefficient (Wildman–Crippen LogP) is 2.44. The summed E-state index contributed by atoms with van der Waals surface area (Å²) in [5.74, 6) is 0.114. The van der Waals surface area contributed by atoms with Gasteiger partial charge in [0.15, 0.2) is 11.6 Å². The van der Waals surface area contributed by atoms with E-state index in [1.54, 1.807) is 0 Å². The molecule has 0 amide bonds. The molecule has 2 aromatic rings. The molecule has 23 heavy (non-hydrogen) atoms. The van der Waals surface area contributed by atoms with Gasteiger partial charge in [-0.05, 0) is 17.5 Å². The zero-order valence-corrected chi connectivity index (χ0v) is 12.5. The number of Topliss-reactive ketones (excluding diaryl/α,β-unsaturated/α-hetero) is 2. The molecule has 4 nitrogen and oxygen atoms in total. The summed E-state index contributed by atoms with van der Waals surface area (Å²) in [6.45, 7) is 1.08. The van der Waals surface area contributed by atoms with Crippen molar-refractivity contribution in [2.24, 2.45) is 0 Å². The molecule has 4 rings (SSSR count). The number of hydrogen-bond donors (Lipinski definition) is 0. The monoisotopic (exact) mass is 308 g/mol. The highest BCUT2D eigenvalue weighted by atomic mass is 16.6. The molecular weight excluding hydrogens is 292 g/mol. The molecule has 0 aromatic heterocycles. The predicted molar refractivity (Wildman–Crippen MR) is 83.8 cm³/mol. The van der Waals surface area contributed by atoms with Crippen molar-refractivity contribution in [1.82, 2.24) is 0 Å². The Labute approximate surface area is 134 Å². The molecule has 4 heteroatoms. The molecule has 2 aromatic carbocycles. The van der Waals surface area contributed by atoms with E-state index in [9.17, 15) is 9.59 Å². The van der Waals surface area contributed by atoms with E-state index in [0.29, 0.717) is 24.3 Å². The highest BCUT2D eigenvalue weighted by Gasteiger charge is 2.32. The molecule has 2 fully saturated rings. The van der Waals surface area contributed by atoms with Crippen molar-refractivity contribution < 1.29 is 19.1 Å². The topological polar surface area (TPSA) is 59.2 Å². The van der Waals surface area contributed by atoms with Gasteiger partial charge in [-0.1, -0.05) is 48.5 Å². The van der Waals surface area contributed by atoms with Gasteiger partial charge >= 0.3 is 0 Å². The average molecular weight is 308 g/mol. The van der Waals surface area contributed by atoms with Crippen molar-refractivity contribution in [1.29, 1.82) is 0 Å². The van der Waals surface area contributed by atoms with Crippen LogP contribution in [0.4, 0.5) is 0 Å². The normalized spacial score (nSPS) is 21.7. The first-order chi connectivity index (χ1) is 11.2. The lowest BCUT2D eigenvalue weighted by Gasteiger charge is -2.05. The van der Waals surface area contributed by atoms with Crippen molar-refractivity contribution in [2.45, 2.75) is 18.6 Å². The van der Waals surface area contributed by atoms with E-state index in [2.05, 4.69) is 0 Å². The lowest BCUT2D eigenvalue weighted by Crippen LogP contribution is -2.07. The van der Waals surface area contributed by atoms with E-state index in [1.807, 2.05) is 48.5 Å². The molecule has 2 atom stereocenters. The van der Waals surface area contributed by atoms with E-state index in [-0.39, 0.29) is 23.8 Å². The summed E-state index contributed by atoms with van der Waals surface area (Å²) >= 11 is 0. The average Bonchev–Trinajstić information content (AvgIpc) is 3.48. The number of carbonyl (C=O) groups excluding carboxylic acids is 2. The largest absolute Gasteiger partial charge is 0.364 e. The van der Waals surface area contributed by atoms with Crippen molar-refractivity contribution in [3.05, 3.63) is 70.8 Å². The third-order valence-corrected chi connectivity index (χ3v) is 4.14. The van der Waals surface area contributed by atoms with Gasteiger partial charge in [0.2, 0.25) is 0 Å². The third-order valence-electron chi connectivity index (χ3n) is 4.14. The first-order valence-corrected chi connectivity index (χ1v) is 7.70. The second-order valence-corrected chi connectivity index (χ2v) is 5.94. The van der Waals surface area contributed by atoms with Gasteiger partial charge in [-0.3, -0.25) is 9.59 Å². The minimum atomic E-state index is -0.235. The summed E-state index contributed by atoms with van der Waals surface area (Å²) in [5, 5.41) is 0. The fourth-order valence-electron chi connectivity index (χ4n) is 2.58. The summed E-state index contributed by atoms with van der Waals surface area (Å²) in [7, 11) is 0. The standard InChI is InChI=1S/C19H16O4/c20-18(16-10-22-16)14-5-1-12(2-6-14)9-13-3-7-15(8-4-13)19(21)17-11-23-17/h1-8,16-17H,9-11H2. The Morgan fingerprint density at radius 3 is 1.39 bits per heavy atom. The van der Waals surface area contributed by atoms with Crippen LogP contribution in [0, 0.1) is 0 Å². The van der Waals surface area contributed by atoms with Gasteiger partial charge in [0.1, 0.15) is 12.2 Å². The van der Waals surface area contributed by atoms with Crippen LogP contribution in [-0.2, 0) is 15.9 Å². The van der Waals surface area contributed by atoms with Crippen LogP contribution in [0.15, 0.2) is 48.5 Å². The number of hydrogen-bond acceptors (Lipinski definition) is 4. The van der Waals surface area contributed by atoms with Crippen molar-refractivity contribution in [3.8, 4) is 0 Å². The van der Waals surface area contributed by atoms with Gasteiger partial charge < -0.3 is 9.47 Å². The molecule has 2 aliphatic heterocycles. The molecule has 0 bridgehead atoms. The van der Waals surface area contributed by atoms with E-state index >= 15 is 0 Å². The maximum Gasteiger partial charge on any atom is 0.193 e. The minimum absolute atomic E-state index is 0.0571. The van der Waals surface area contributed by atoms with Crippen LogP contribution in [0.25, 0.3) is 0 Å². The Hall–Kier alpha value is -2.30. The summed E-state index contributed by atoms with van der Waals surface area (Å²) < 4.78 is 10.0. The molecule has 2 saturated heterocycles. The Balaban J connectivity index is 1.42. The molecule has 2 aliphatic rings. The zero-order valence-electron chi connectivity index (χ0n) is 12.5. The molecule has 0 aliphatic carbocycles. The molecule has 0 saturated carbocycles. The number of benzene rings is 2. The van der Waals surface area contributed by atoms with Crippen molar-refractivity contribution in [2.75, 3.05) is 13.2 Å². The molecule has 0 spiro atoms. The molecule has 0 radical (unpaired) electrons. The number of rotatable bonds is 6. The Morgan fingerprint density at radius 2 is 1.09 bits per heavy atom. The lowest BCUT2D eigenvalue weighted by atomic mass is 9.99. The molecule has 116 valence electrons. The van der Waals surface area contributed by atoms with E-state index in [0.717, 1.165) is 17.5 Å². The smallest absolute Gasteiger partial charge is 0.193 e. The van der Waals surface area contributed by atoms with Crippen molar-refractivity contribution >= 4 is 11.6 Å². The second kappa shape index (κ2) is 5.72. The first kappa shape index (κ1) is 14.3. The zero-order chi connectivity index (χ0) is 15.8. The van der Waals surface area contributed by atoms with Crippen LogP contribution in [0.2, 0.25) is 0 Å². The SMILES string of the molecule is O=C(c1ccc(Cc2ccc(C(=O)C3CO3)cc2)cc1)C1CO1. The van der Waals surface area contributed by atoms with Crippen LogP contribution in [0.1, 0.15) is 31.8 Å². The number of ether oxygens (including phenoxy) is 2. The number of ketones is 2. The lowest BCUT2D eigenvalue weighted by molar-refractivity contribution is 0.0947. The summed E-state index contributed by atoms with van der Waals surface area (Å²) in [5.41, 5.74) is 3.65. The van der Waals surface area contributed by atoms with Gasteiger partial charge in [-0.2, -0.15) is 0 Å². The summed E-state index contributed by atoms with van der Waals surface area (Å²) in [6.07, 6.45) is 0.297. The van der Waals surface area contributed by atoms with Crippen LogP contribution < -0.4 is 0 Å². The highest BCUT2D eigenvalue weighted by Crippen LogP contribution is 2.19. The fourth-order valence-corrected chi connectivity index (χ4v) is 2.58. The molecule has 2 heterocycles. The molecular formula is C19H16O4. The summed E-state index contributed by atoms with van der Waals surface area (Å²) in [6, 6.07) is 15.3. The van der Waals surface area contributed by atoms with E-state index < -0.39 is 0 Å². The van der Waals surface area contributed by atoms with Crippen LogP contribution in [0.5, 0.6) is 0 Å². The fraction of sp³-hybridized carbons (Fsp3) is 0.263.